The Bertz CT molecular complexity index is 495. The topological polar surface area (TPSA) is 68.2 Å². The molecule has 1 aliphatic rings. The third-order valence-corrected chi connectivity index (χ3v) is 4.19. The van der Waals surface area contributed by atoms with Crippen LogP contribution < -0.4 is 0 Å². The number of hydrogen-bond acceptors (Lipinski definition) is 5. The number of ether oxygens (including phenoxy) is 3. The van der Waals surface area contributed by atoms with Crippen LogP contribution in [0.25, 0.3) is 0 Å². The molecule has 0 bridgehead atoms. The van der Waals surface area contributed by atoms with Crippen LogP contribution in [0.1, 0.15) is 25.3 Å². The Hall–Kier alpha value is -1.24. The van der Waals surface area contributed by atoms with Crippen LogP contribution in [0.15, 0.2) is 42.5 Å². The van der Waals surface area contributed by atoms with Gasteiger partial charge in [0, 0.05) is 6.42 Å². The van der Waals surface area contributed by atoms with Crippen molar-refractivity contribution < 1.29 is 24.4 Å². The van der Waals surface area contributed by atoms with Gasteiger partial charge >= 0.3 is 0 Å². The van der Waals surface area contributed by atoms with E-state index in [2.05, 4.69) is 6.58 Å². The van der Waals surface area contributed by atoms with E-state index in [0.29, 0.717) is 38.2 Å². The Labute approximate surface area is 137 Å². The molecule has 1 aromatic rings. The lowest BCUT2D eigenvalue weighted by molar-refractivity contribution is -0.158. The summed E-state index contributed by atoms with van der Waals surface area (Å²) in [5.74, 6) is -0.691. The smallest absolute Gasteiger partial charge is 0.165 e. The number of benzene rings is 1. The highest BCUT2D eigenvalue weighted by Crippen LogP contribution is 2.30. The van der Waals surface area contributed by atoms with E-state index in [1.807, 2.05) is 37.3 Å². The summed E-state index contributed by atoms with van der Waals surface area (Å²) in [7, 11) is 0. The first kappa shape index (κ1) is 18.1. The van der Waals surface area contributed by atoms with Crippen molar-refractivity contribution >= 4 is 0 Å². The van der Waals surface area contributed by atoms with Gasteiger partial charge in [0.25, 0.3) is 0 Å². The van der Waals surface area contributed by atoms with Gasteiger partial charge in [-0.05, 0) is 24.5 Å². The molecule has 1 atom stereocenters. The Morgan fingerprint density at radius 1 is 1.30 bits per heavy atom. The van der Waals surface area contributed by atoms with Crippen molar-refractivity contribution in [2.45, 2.75) is 37.8 Å². The molecule has 0 aliphatic carbocycles. The average Bonchev–Trinajstić information content (AvgIpc) is 3.00. The van der Waals surface area contributed by atoms with E-state index in [4.69, 9.17) is 14.2 Å². The highest BCUT2D eigenvalue weighted by Gasteiger charge is 2.37. The Balaban J connectivity index is 1.90. The van der Waals surface area contributed by atoms with E-state index in [9.17, 15) is 10.2 Å². The number of hydrogen-bond donors (Lipinski definition) is 2. The maximum absolute atomic E-state index is 10.8. The van der Waals surface area contributed by atoms with Crippen LogP contribution in [0.4, 0.5) is 0 Å². The number of aliphatic hydroxyl groups excluding tert-OH is 1. The SMILES string of the molecule is C=C(CO)C(O)(CCC1(C)OCCO1)COCc1ccccc1. The second-order valence-corrected chi connectivity index (χ2v) is 6.10. The summed E-state index contributed by atoms with van der Waals surface area (Å²) in [5, 5.41) is 20.2. The molecule has 128 valence electrons. The first-order valence-electron chi connectivity index (χ1n) is 7.88. The molecule has 1 unspecified atom stereocenters. The van der Waals surface area contributed by atoms with Crippen molar-refractivity contribution in [3.05, 3.63) is 48.0 Å². The van der Waals surface area contributed by atoms with Crippen LogP contribution in [-0.4, -0.2) is 48.0 Å². The molecule has 1 aromatic carbocycles. The summed E-state index contributed by atoms with van der Waals surface area (Å²) in [6.07, 6.45) is 0.842. The van der Waals surface area contributed by atoms with Gasteiger partial charge in [0.15, 0.2) is 5.79 Å². The van der Waals surface area contributed by atoms with E-state index < -0.39 is 11.4 Å². The van der Waals surface area contributed by atoms with Crippen molar-refractivity contribution in [2.24, 2.45) is 0 Å². The lowest BCUT2D eigenvalue weighted by Gasteiger charge is -2.32. The third-order valence-electron chi connectivity index (χ3n) is 4.19. The Morgan fingerprint density at radius 3 is 2.57 bits per heavy atom. The van der Waals surface area contributed by atoms with Crippen molar-refractivity contribution in [3.8, 4) is 0 Å². The molecule has 0 saturated carbocycles. The van der Waals surface area contributed by atoms with Gasteiger partial charge in [0.1, 0.15) is 5.60 Å². The van der Waals surface area contributed by atoms with Gasteiger partial charge < -0.3 is 24.4 Å². The summed E-state index contributed by atoms with van der Waals surface area (Å²) >= 11 is 0. The first-order valence-corrected chi connectivity index (χ1v) is 7.88. The fourth-order valence-corrected chi connectivity index (χ4v) is 2.55. The quantitative estimate of drug-likeness (QED) is 0.681. The zero-order valence-corrected chi connectivity index (χ0v) is 13.7. The molecular formula is C18H26O5. The van der Waals surface area contributed by atoms with Gasteiger partial charge in [-0.15, -0.1) is 0 Å². The standard InChI is InChI=1S/C18H26O5/c1-15(12-19)18(20,9-8-17(2)22-10-11-23-17)14-21-13-16-6-4-3-5-7-16/h3-7,19-20H,1,8-14H2,2H3. The Morgan fingerprint density at radius 2 is 1.96 bits per heavy atom. The molecule has 2 rings (SSSR count). The van der Waals surface area contributed by atoms with Gasteiger partial charge in [-0.3, -0.25) is 0 Å². The van der Waals surface area contributed by atoms with Crippen molar-refractivity contribution in [1.29, 1.82) is 0 Å². The minimum absolute atomic E-state index is 0.0668. The van der Waals surface area contributed by atoms with Gasteiger partial charge in [0.2, 0.25) is 0 Å². The zero-order chi connectivity index (χ0) is 16.8. The van der Waals surface area contributed by atoms with Crippen LogP contribution in [-0.2, 0) is 20.8 Å². The molecule has 0 radical (unpaired) electrons. The van der Waals surface area contributed by atoms with E-state index in [0.717, 1.165) is 5.56 Å². The molecule has 2 N–H and O–H groups in total. The molecule has 0 spiro atoms. The highest BCUT2D eigenvalue weighted by molar-refractivity contribution is 5.15. The van der Waals surface area contributed by atoms with Gasteiger partial charge in [0.05, 0.1) is 33.0 Å². The molecular weight excluding hydrogens is 296 g/mol. The summed E-state index contributed by atoms with van der Waals surface area (Å²) in [5.41, 5.74) is 0.0630. The number of aliphatic hydroxyl groups is 2. The summed E-state index contributed by atoms with van der Waals surface area (Å²) in [6, 6.07) is 9.73. The molecule has 0 amide bonds. The second kappa shape index (κ2) is 8.04. The van der Waals surface area contributed by atoms with Crippen LogP contribution in [0.2, 0.25) is 0 Å². The summed E-state index contributed by atoms with van der Waals surface area (Å²) in [4.78, 5) is 0. The maximum atomic E-state index is 10.8. The summed E-state index contributed by atoms with van der Waals surface area (Å²) < 4.78 is 16.8. The van der Waals surface area contributed by atoms with Gasteiger partial charge in [-0.1, -0.05) is 36.9 Å². The fourth-order valence-electron chi connectivity index (χ4n) is 2.55. The van der Waals surface area contributed by atoms with Crippen LogP contribution in [0.3, 0.4) is 0 Å². The lowest BCUT2D eigenvalue weighted by Crippen LogP contribution is -2.40. The van der Waals surface area contributed by atoms with E-state index in [1.54, 1.807) is 0 Å². The largest absolute Gasteiger partial charge is 0.392 e. The van der Waals surface area contributed by atoms with Crippen LogP contribution >= 0.6 is 0 Å². The van der Waals surface area contributed by atoms with Gasteiger partial charge in [-0.25, -0.2) is 0 Å². The molecule has 1 saturated heterocycles. The van der Waals surface area contributed by atoms with Gasteiger partial charge in [-0.2, -0.15) is 0 Å². The molecule has 5 nitrogen and oxygen atoms in total. The first-order chi connectivity index (χ1) is 11.0. The normalized spacial score (nSPS) is 19.4. The lowest BCUT2D eigenvalue weighted by atomic mass is 9.89. The molecule has 1 heterocycles. The maximum Gasteiger partial charge on any atom is 0.165 e. The zero-order valence-electron chi connectivity index (χ0n) is 13.7. The van der Waals surface area contributed by atoms with Crippen molar-refractivity contribution in [2.75, 3.05) is 26.4 Å². The van der Waals surface area contributed by atoms with Crippen LogP contribution in [0, 0.1) is 0 Å². The van der Waals surface area contributed by atoms with Crippen molar-refractivity contribution in [3.63, 3.8) is 0 Å². The third kappa shape index (κ3) is 5.12. The number of rotatable bonds is 9. The average molecular weight is 322 g/mol. The molecule has 5 heteroatoms. The Kier molecular flexibility index (Phi) is 6.33. The second-order valence-electron chi connectivity index (χ2n) is 6.10. The van der Waals surface area contributed by atoms with Crippen molar-refractivity contribution in [1.82, 2.24) is 0 Å². The minimum Gasteiger partial charge on any atom is -0.392 e. The molecule has 1 fully saturated rings. The minimum atomic E-state index is -1.30. The highest BCUT2D eigenvalue weighted by atomic mass is 16.7. The molecule has 0 aromatic heterocycles. The molecule has 23 heavy (non-hydrogen) atoms. The monoisotopic (exact) mass is 322 g/mol. The fraction of sp³-hybridized carbons (Fsp3) is 0.556. The summed E-state index contributed by atoms with van der Waals surface area (Å²) in [6.45, 7) is 6.92. The van der Waals surface area contributed by atoms with E-state index in [1.165, 1.54) is 0 Å². The van der Waals surface area contributed by atoms with E-state index in [-0.39, 0.29) is 13.2 Å². The molecule has 1 aliphatic heterocycles. The predicted octanol–water partition coefficient (Wildman–Crippen LogP) is 2.03. The predicted molar refractivity (Wildman–Crippen MR) is 86.8 cm³/mol. The van der Waals surface area contributed by atoms with E-state index >= 15 is 0 Å². The van der Waals surface area contributed by atoms with Crippen LogP contribution in [0.5, 0.6) is 0 Å².